The van der Waals surface area contributed by atoms with Gasteiger partial charge in [-0.3, -0.25) is 4.98 Å². The molecule has 3 aromatic rings. The second-order valence-corrected chi connectivity index (χ2v) is 6.85. The lowest BCUT2D eigenvalue weighted by Crippen LogP contribution is -2.24. The number of benzene rings is 1. The Kier molecular flexibility index (Phi) is 5.00. The van der Waals surface area contributed by atoms with Crippen LogP contribution >= 0.6 is 0 Å². The van der Waals surface area contributed by atoms with Gasteiger partial charge < -0.3 is 10.3 Å². The monoisotopic (exact) mass is 362 g/mol. The van der Waals surface area contributed by atoms with E-state index in [0.717, 1.165) is 11.1 Å². The van der Waals surface area contributed by atoms with E-state index in [-0.39, 0.29) is 11.7 Å². The first-order valence-electron chi connectivity index (χ1n) is 8.47. The van der Waals surface area contributed by atoms with Gasteiger partial charge in [0.05, 0.1) is 17.1 Å². The van der Waals surface area contributed by atoms with Gasteiger partial charge in [0, 0.05) is 12.4 Å². The predicted molar refractivity (Wildman–Crippen MR) is 95.4 cm³/mol. The molecule has 0 saturated heterocycles. The van der Waals surface area contributed by atoms with Crippen LogP contribution in [0.15, 0.2) is 42.7 Å². The first-order chi connectivity index (χ1) is 12.2. The number of imidazole rings is 1. The van der Waals surface area contributed by atoms with E-state index in [2.05, 4.69) is 9.97 Å². The molecule has 0 fully saturated rings. The maximum absolute atomic E-state index is 13.2. The van der Waals surface area contributed by atoms with Gasteiger partial charge in [0.1, 0.15) is 12.4 Å². The quantitative estimate of drug-likeness (QED) is 0.715. The summed E-state index contributed by atoms with van der Waals surface area (Å²) in [5.41, 5.74) is 8.82. The molecular formula is C19H21F3N4. The second-order valence-electron chi connectivity index (χ2n) is 6.85. The summed E-state index contributed by atoms with van der Waals surface area (Å²) in [5, 5.41) is 0. The molecule has 26 heavy (non-hydrogen) atoms. The molecule has 138 valence electrons. The molecule has 0 spiro atoms. The van der Waals surface area contributed by atoms with Crippen molar-refractivity contribution in [2.75, 3.05) is 0 Å². The first kappa shape index (κ1) is 18.4. The highest BCUT2D eigenvalue weighted by Gasteiger charge is 2.31. The number of hydrogen-bond acceptors (Lipinski definition) is 3. The summed E-state index contributed by atoms with van der Waals surface area (Å²) in [7, 11) is 0. The van der Waals surface area contributed by atoms with E-state index >= 15 is 0 Å². The van der Waals surface area contributed by atoms with Crippen LogP contribution in [0, 0.1) is 5.92 Å². The van der Waals surface area contributed by atoms with Crippen molar-refractivity contribution in [1.29, 1.82) is 0 Å². The number of pyridine rings is 1. The molecule has 2 heterocycles. The molecule has 0 unspecified atom stereocenters. The normalized spacial score (nSPS) is 13.5. The summed E-state index contributed by atoms with van der Waals surface area (Å²) >= 11 is 0. The van der Waals surface area contributed by atoms with Crippen molar-refractivity contribution in [2.45, 2.75) is 39.0 Å². The number of aromatic nitrogens is 3. The van der Waals surface area contributed by atoms with Crippen molar-refractivity contribution in [1.82, 2.24) is 14.5 Å². The summed E-state index contributed by atoms with van der Waals surface area (Å²) in [6.07, 6.45) is -0.488. The lowest BCUT2D eigenvalue weighted by Gasteiger charge is -2.17. The maximum atomic E-state index is 13.2. The molecule has 1 aromatic carbocycles. The van der Waals surface area contributed by atoms with Crippen molar-refractivity contribution < 1.29 is 13.2 Å². The molecule has 0 aliphatic heterocycles. The number of alkyl halides is 3. The molecule has 0 bridgehead atoms. The molecule has 2 N–H and O–H groups in total. The molecule has 7 heteroatoms. The van der Waals surface area contributed by atoms with Crippen molar-refractivity contribution in [3.8, 4) is 11.1 Å². The Morgan fingerprint density at radius 2 is 1.77 bits per heavy atom. The fraction of sp³-hybridized carbons (Fsp3) is 0.368. The Hall–Kier alpha value is -2.41. The fourth-order valence-electron chi connectivity index (χ4n) is 3.11. The molecule has 0 radical (unpaired) electrons. The molecular weight excluding hydrogens is 341 g/mol. The van der Waals surface area contributed by atoms with Gasteiger partial charge in [-0.25, -0.2) is 4.98 Å². The maximum Gasteiger partial charge on any atom is 0.406 e. The number of nitrogens with zero attached hydrogens (tertiary/aromatic N) is 3. The van der Waals surface area contributed by atoms with Gasteiger partial charge in [-0.1, -0.05) is 19.9 Å². The predicted octanol–water partition coefficient (Wildman–Crippen LogP) is 4.71. The standard InChI is InChI=1S/C19H21F3N4/c1-12(2)9-15(23)18-25-16-4-3-14(13-5-7-24-8-6-13)10-17(16)26(18)11-19(20,21)22/h3-8,10,12,15H,9,11,23H2,1-2H3/t15-/m1/s1. The minimum absolute atomic E-state index is 0.261. The van der Waals surface area contributed by atoms with Gasteiger partial charge >= 0.3 is 6.18 Å². The molecule has 0 aliphatic carbocycles. The van der Waals surface area contributed by atoms with E-state index in [0.29, 0.717) is 17.5 Å². The zero-order valence-electron chi connectivity index (χ0n) is 14.7. The highest BCUT2D eigenvalue weighted by atomic mass is 19.4. The summed E-state index contributed by atoms with van der Waals surface area (Å²) in [6, 6.07) is 8.40. The highest BCUT2D eigenvalue weighted by Crippen LogP contribution is 2.30. The zero-order chi connectivity index (χ0) is 18.9. The minimum Gasteiger partial charge on any atom is -0.321 e. The van der Waals surface area contributed by atoms with Crippen LogP contribution in [0.1, 0.15) is 32.1 Å². The molecule has 4 nitrogen and oxygen atoms in total. The van der Waals surface area contributed by atoms with Crippen LogP contribution in [-0.2, 0) is 6.54 Å². The Bertz CT molecular complexity index is 885. The lowest BCUT2D eigenvalue weighted by molar-refractivity contribution is -0.140. The van der Waals surface area contributed by atoms with Gasteiger partial charge in [-0.15, -0.1) is 0 Å². The van der Waals surface area contributed by atoms with Gasteiger partial charge in [-0.05, 0) is 47.7 Å². The average molecular weight is 362 g/mol. The number of fused-ring (bicyclic) bond motifs is 1. The SMILES string of the molecule is CC(C)C[C@@H](N)c1nc2ccc(-c3ccncc3)cc2n1CC(F)(F)F. The van der Waals surface area contributed by atoms with Crippen LogP contribution in [0.25, 0.3) is 22.2 Å². The molecule has 2 aromatic heterocycles. The summed E-state index contributed by atoms with van der Waals surface area (Å²) in [6.45, 7) is 2.86. The Morgan fingerprint density at radius 3 is 2.38 bits per heavy atom. The van der Waals surface area contributed by atoms with E-state index in [1.807, 2.05) is 32.0 Å². The van der Waals surface area contributed by atoms with E-state index in [9.17, 15) is 13.2 Å². The van der Waals surface area contributed by atoms with Crippen LogP contribution in [0.4, 0.5) is 13.2 Å². The third-order valence-electron chi connectivity index (χ3n) is 4.19. The number of hydrogen-bond donors (Lipinski definition) is 1. The van der Waals surface area contributed by atoms with Crippen molar-refractivity contribution in [3.05, 3.63) is 48.5 Å². The molecule has 0 saturated carbocycles. The Morgan fingerprint density at radius 1 is 1.08 bits per heavy atom. The topological polar surface area (TPSA) is 56.7 Å². The van der Waals surface area contributed by atoms with E-state index < -0.39 is 18.8 Å². The van der Waals surface area contributed by atoms with Gasteiger partial charge in [0.15, 0.2) is 0 Å². The van der Waals surface area contributed by atoms with Crippen molar-refractivity contribution in [2.24, 2.45) is 11.7 Å². The molecule has 3 rings (SSSR count). The molecule has 1 atom stereocenters. The Balaban J connectivity index is 2.14. The average Bonchev–Trinajstić information content (AvgIpc) is 2.91. The lowest BCUT2D eigenvalue weighted by atomic mass is 10.0. The van der Waals surface area contributed by atoms with Crippen LogP contribution in [-0.4, -0.2) is 20.7 Å². The van der Waals surface area contributed by atoms with Gasteiger partial charge in [0.25, 0.3) is 0 Å². The van der Waals surface area contributed by atoms with Crippen LogP contribution in [0.5, 0.6) is 0 Å². The molecule has 0 amide bonds. The van der Waals surface area contributed by atoms with E-state index in [4.69, 9.17) is 5.73 Å². The van der Waals surface area contributed by atoms with Crippen LogP contribution in [0.3, 0.4) is 0 Å². The number of rotatable bonds is 5. The summed E-state index contributed by atoms with van der Waals surface area (Å²) in [4.78, 5) is 8.38. The number of nitrogens with two attached hydrogens (primary N) is 1. The number of halogens is 3. The Labute approximate surface area is 149 Å². The molecule has 0 aliphatic rings. The highest BCUT2D eigenvalue weighted by molar-refractivity contribution is 5.82. The van der Waals surface area contributed by atoms with E-state index in [1.54, 1.807) is 24.5 Å². The smallest absolute Gasteiger partial charge is 0.321 e. The minimum atomic E-state index is -4.35. The fourth-order valence-corrected chi connectivity index (χ4v) is 3.11. The first-order valence-corrected chi connectivity index (χ1v) is 8.47. The van der Waals surface area contributed by atoms with Crippen LogP contribution < -0.4 is 5.73 Å². The van der Waals surface area contributed by atoms with Crippen molar-refractivity contribution in [3.63, 3.8) is 0 Å². The zero-order valence-corrected chi connectivity index (χ0v) is 14.7. The van der Waals surface area contributed by atoms with E-state index in [1.165, 1.54) is 4.57 Å². The third kappa shape index (κ3) is 4.04. The second kappa shape index (κ2) is 7.07. The van der Waals surface area contributed by atoms with Crippen LogP contribution in [0.2, 0.25) is 0 Å². The van der Waals surface area contributed by atoms with Gasteiger partial charge in [-0.2, -0.15) is 13.2 Å². The summed E-state index contributed by atoms with van der Waals surface area (Å²) in [5.74, 6) is 0.537. The van der Waals surface area contributed by atoms with Gasteiger partial charge in [0.2, 0.25) is 0 Å². The third-order valence-corrected chi connectivity index (χ3v) is 4.19. The largest absolute Gasteiger partial charge is 0.406 e. The summed E-state index contributed by atoms with van der Waals surface area (Å²) < 4.78 is 40.7. The van der Waals surface area contributed by atoms with Crippen molar-refractivity contribution >= 4 is 11.0 Å².